The number of phenolic OH excluding ortho intramolecular Hbond substituents is 3. The zero-order valence-electron chi connectivity index (χ0n) is 11.8. The largest absolute Gasteiger partial charge is 0.507 e. The molecule has 2 aromatic carbocycles. The summed E-state index contributed by atoms with van der Waals surface area (Å²) in [7, 11) is 0. The second kappa shape index (κ2) is 6.96. The number of carbonyl (C=O) groups excluding carboxylic acids is 1. The Balaban J connectivity index is 2.18. The van der Waals surface area contributed by atoms with Crippen LogP contribution in [0.15, 0.2) is 39.9 Å². The number of hydrazone groups is 1. The molecule has 0 unspecified atom stereocenters. The van der Waals surface area contributed by atoms with Crippen molar-refractivity contribution < 1.29 is 25.0 Å². The number of nitro groups is 1. The van der Waals surface area contributed by atoms with E-state index in [1.165, 1.54) is 6.07 Å². The summed E-state index contributed by atoms with van der Waals surface area (Å²) in [6, 6.07) is 5.45. The maximum absolute atomic E-state index is 11.9. The minimum Gasteiger partial charge on any atom is -0.507 e. The summed E-state index contributed by atoms with van der Waals surface area (Å²) in [5, 5.41) is 42.9. The first-order valence-electron chi connectivity index (χ1n) is 6.32. The molecule has 0 saturated carbocycles. The van der Waals surface area contributed by atoms with E-state index >= 15 is 0 Å². The van der Waals surface area contributed by atoms with Gasteiger partial charge in [0.05, 0.1) is 21.2 Å². The maximum atomic E-state index is 11.9. The van der Waals surface area contributed by atoms with Crippen molar-refractivity contribution in [2.75, 3.05) is 0 Å². The van der Waals surface area contributed by atoms with E-state index in [0.717, 1.165) is 30.5 Å². The van der Waals surface area contributed by atoms with Crippen molar-refractivity contribution in [1.29, 1.82) is 0 Å². The summed E-state index contributed by atoms with van der Waals surface area (Å²) in [6.45, 7) is 0. The van der Waals surface area contributed by atoms with Crippen LogP contribution in [0.4, 0.5) is 5.69 Å². The average molecular weight is 396 g/mol. The SMILES string of the molecule is O=C(N/N=C/c1cc(Br)c(O)cc1O)c1cc([N+](=O)[O-])ccc1O. The van der Waals surface area contributed by atoms with E-state index < -0.39 is 16.6 Å². The molecule has 2 aromatic rings. The zero-order chi connectivity index (χ0) is 17.9. The maximum Gasteiger partial charge on any atom is 0.275 e. The van der Waals surface area contributed by atoms with Gasteiger partial charge in [-0.15, -0.1) is 0 Å². The van der Waals surface area contributed by atoms with Crippen LogP contribution in [-0.2, 0) is 0 Å². The molecule has 4 N–H and O–H groups in total. The minimum absolute atomic E-state index is 0.171. The summed E-state index contributed by atoms with van der Waals surface area (Å²) in [5.74, 6) is -1.75. The molecular weight excluding hydrogens is 386 g/mol. The molecule has 0 aliphatic carbocycles. The Hall–Kier alpha value is -3.14. The van der Waals surface area contributed by atoms with E-state index in [4.69, 9.17) is 0 Å². The van der Waals surface area contributed by atoms with Crippen molar-refractivity contribution >= 4 is 33.7 Å². The molecule has 0 bridgehead atoms. The lowest BCUT2D eigenvalue weighted by molar-refractivity contribution is -0.384. The number of aromatic hydroxyl groups is 3. The lowest BCUT2D eigenvalue weighted by atomic mass is 10.1. The highest BCUT2D eigenvalue weighted by Gasteiger charge is 2.16. The van der Waals surface area contributed by atoms with Crippen LogP contribution in [0.25, 0.3) is 0 Å². The highest BCUT2D eigenvalue weighted by atomic mass is 79.9. The molecule has 124 valence electrons. The third-order valence-electron chi connectivity index (χ3n) is 2.90. The number of non-ortho nitro benzene ring substituents is 1. The topological polar surface area (TPSA) is 145 Å². The van der Waals surface area contributed by atoms with Crippen LogP contribution in [0.3, 0.4) is 0 Å². The van der Waals surface area contributed by atoms with Crippen LogP contribution >= 0.6 is 15.9 Å². The van der Waals surface area contributed by atoms with Gasteiger partial charge in [-0.05, 0) is 28.1 Å². The van der Waals surface area contributed by atoms with Gasteiger partial charge in [0.25, 0.3) is 11.6 Å². The van der Waals surface area contributed by atoms with Gasteiger partial charge >= 0.3 is 0 Å². The number of amides is 1. The zero-order valence-corrected chi connectivity index (χ0v) is 13.4. The Kier molecular flexibility index (Phi) is 4.99. The standard InChI is InChI=1S/C14H10BrN3O6/c15-10-3-7(12(20)5-13(10)21)6-16-17-14(22)9-4-8(18(23)24)1-2-11(9)19/h1-6,19-21H,(H,17,22)/b16-6+. The molecule has 0 fully saturated rings. The molecule has 0 aliphatic rings. The van der Waals surface area contributed by atoms with Crippen LogP contribution in [-0.4, -0.2) is 32.4 Å². The predicted molar refractivity (Wildman–Crippen MR) is 87.3 cm³/mol. The number of hydrogen-bond acceptors (Lipinski definition) is 7. The number of rotatable bonds is 4. The normalized spacial score (nSPS) is 10.7. The van der Waals surface area contributed by atoms with E-state index in [1.807, 2.05) is 0 Å². The smallest absolute Gasteiger partial charge is 0.275 e. The summed E-state index contributed by atoms with van der Waals surface area (Å²) in [6.07, 6.45) is 1.10. The second-order valence-electron chi connectivity index (χ2n) is 4.52. The molecule has 2 rings (SSSR count). The monoisotopic (exact) mass is 395 g/mol. The molecular formula is C14H10BrN3O6. The quantitative estimate of drug-likeness (QED) is 0.354. The molecule has 1 amide bonds. The van der Waals surface area contributed by atoms with Gasteiger partial charge in [0, 0.05) is 23.8 Å². The number of benzene rings is 2. The number of halogens is 1. The van der Waals surface area contributed by atoms with Crippen molar-refractivity contribution in [2.45, 2.75) is 0 Å². The average Bonchev–Trinajstić information content (AvgIpc) is 2.52. The number of carbonyl (C=O) groups is 1. The first kappa shape index (κ1) is 17.2. The van der Waals surface area contributed by atoms with Crippen LogP contribution in [0.1, 0.15) is 15.9 Å². The molecule has 10 heteroatoms. The molecule has 0 aromatic heterocycles. The van der Waals surface area contributed by atoms with Gasteiger partial charge in [-0.1, -0.05) is 0 Å². The molecule has 0 saturated heterocycles. The molecule has 0 heterocycles. The predicted octanol–water partition coefficient (Wildman–Crippen LogP) is 2.24. The van der Waals surface area contributed by atoms with Gasteiger partial charge in [0.2, 0.25) is 0 Å². The Labute approximate surface area is 143 Å². The van der Waals surface area contributed by atoms with Crippen molar-refractivity contribution in [2.24, 2.45) is 5.10 Å². The summed E-state index contributed by atoms with van der Waals surface area (Å²) >= 11 is 3.06. The third-order valence-corrected chi connectivity index (χ3v) is 3.54. The lowest BCUT2D eigenvalue weighted by Crippen LogP contribution is -2.18. The Morgan fingerprint density at radius 2 is 1.88 bits per heavy atom. The summed E-state index contributed by atoms with van der Waals surface area (Å²) in [5.41, 5.74) is 1.59. The van der Waals surface area contributed by atoms with Crippen molar-refractivity contribution in [3.8, 4) is 17.2 Å². The van der Waals surface area contributed by atoms with E-state index in [2.05, 4.69) is 26.5 Å². The molecule has 24 heavy (non-hydrogen) atoms. The van der Waals surface area contributed by atoms with Crippen LogP contribution in [0.2, 0.25) is 0 Å². The van der Waals surface area contributed by atoms with Gasteiger partial charge in [-0.2, -0.15) is 5.10 Å². The minimum atomic E-state index is -0.871. The number of hydrogen-bond donors (Lipinski definition) is 4. The van der Waals surface area contributed by atoms with E-state index in [0.29, 0.717) is 4.47 Å². The van der Waals surface area contributed by atoms with E-state index in [-0.39, 0.29) is 28.3 Å². The number of nitrogens with one attached hydrogen (secondary N) is 1. The molecule has 0 spiro atoms. The lowest BCUT2D eigenvalue weighted by Gasteiger charge is -2.04. The van der Waals surface area contributed by atoms with E-state index in [1.54, 1.807) is 0 Å². The van der Waals surface area contributed by atoms with E-state index in [9.17, 15) is 30.2 Å². The molecule has 0 aliphatic heterocycles. The van der Waals surface area contributed by atoms with Crippen molar-refractivity contribution in [3.05, 3.63) is 56.0 Å². The Bertz CT molecular complexity index is 853. The fourth-order valence-corrected chi connectivity index (χ4v) is 2.07. The van der Waals surface area contributed by atoms with Gasteiger partial charge in [-0.3, -0.25) is 14.9 Å². The molecule has 9 nitrogen and oxygen atoms in total. The number of phenols is 3. The van der Waals surface area contributed by atoms with Gasteiger partial charge in [0.15, 0.2) is 0 Å². The fraction of sp³-hybridized carbons (Fsp3) is 0. The van der Waals surface area contributed by atoms with Gasteiger partial charge < -0.3 is 15.3 Å². The summed E-state index contributed by atoms with van der Waals surface area (Å²) < 4.78 is 0.310. The van der Waals surface area contributed by atoms with Gasteiger partial charge in [0.1, 0.15) is 17.2 Å². The highest BCUT2D eigenvalue weighted by molar-refractivity contribution is 9.10. The number of nitrogens with zero attached hydrogens (tertiary/aromatic N) is 2. The van der Waals surface area contributed by atoms with Crippen LogP contribution in [0.5, 0.6) is 17.2 Å². The highest BCUT2D eigenvalue weighted by Crippen LogP contribution is 2.30. The van der Waals surface area contributed by atoms with Crippen LogP contribution < -0.4 is 5.43 Å². The second-order valence-corrected chi connectivity index (χ2v) is 5.37. The van der Waals surface area contributed by atoms with Crippen molar-refractivity contribution in [3.63, 3.8) is 0 Å². The number of nitro benzene ring substituents is 1. The van der Waals surface area contributed by atoms with Crippen LogP contribution in [0, 0.1) is 10.1 Å². The summed E-state index contributed by atoms with van der Waals surface area (Å²) in [4.78, 5) is 21.9. The Morgan fingerprint density at radius 1 is 1.17 bits per heavy atom. The Morgan fingerprint density at radius 3 is 2.54 bits per heavy atom. The molecule has 0 radical (unpaired) electrons. The third kappa shape index (κ3) is 3.79. The van der Waals surface area contributed by atoms with Crippen molar-refractivity contribution in [1.82, 2.24) is 5.43 Å². The fourth-order valence-electron chi connectivity index (χ4n) is 1.71. The first-order chi connectivity index (χ1) is 11.3. The molecule has 0 atom stereocenters. The van der Waals surface area contributed by atoms with Gasteiger partial charge in [-0.25, -0.2) is 5.43 Å². The first-order valence-corrected chi connectivity index (χ1v) is 7.11.